The fraction of sp³-hybridized carbons (Fsp3) is 0.533. The van der Waals surface area contributed by atoms with E-state index >= 15 is 0 Å². The van der Waals surface area contributed by atoms with Gasteiger partial charge >= 0.3 is 0 Å². The van der Waals surface area contributed by atoms with Crippen molar-refractivity contribution in [2.45, 2.75) is 31.7 Å². The number of ether oxygens (including phenoxy) is 1. The lowest BCUT2D eigenvalue weighted by atomic mass is 10.0. The van der Waals surface area contributed by atoms with Gasteiger partial charge in [-0.15, -0.1) is 0 Å². The third kappa shape index (κ3) is 4.24. The summed E-state index contributed by atoms with van der Waals surface area (Å²) in [5, 5.41) is 6.25. The second kappa shape index (κ2) is 7.14. The number of rotatable bonds is 5. The van der Waals surface area contributed by atoms with Crippen LogP contribution in [0, 0.1) is 0 Å². The lowest BCUT2D eigenvalue weighted by molar-refractivity contribution is -0.123. The second-order valence-corrected chi connectivity index (χ2v) is 4.90. The number of benzene rings is 1. The Labute approximate surface area is 114 Å². The van der Waals surface area contributed by atoms with E-state index in [1.54, 1.807) is 7.11 Å². The molecule has 0 aliphatic carbocycles. The lowest BCUT2D eigenvalue weighted by Gasteiger charge is -2.22. The maximum Gasteiger partial charge on any atom is 0.237 e. The Hall–Kier alpha value is -1.55. The van der Waals surface area contributed by atoms with Crippen molar-refractivity contribution in [3.8, 4) is 5.75 Å². The number of carbonyl (C=O) groups is 1. The molecule has 1 aromatic carbocycles. The molecule has 4 nitrogen and oxygen atoms in total. The molecule has 104 valence electrons. The molecule has 1 aliphatic rings. The molecule has 2 rings (SSSR count). The summed E-state index contributed by atoms with van der Waals surface area (Å²) in [4.78, 5) is 11.9. The number of hydrogen-bond acceptors (Lipinski definition) is 3. The van der Waals surface area contributed by atoms with Gasteiger partial charge in [-0.1, -0.05) is 18.6 Å². The fourth-order valence-corrected chi connectivity index (χ4v) is 2.36. The van der Waals surface area contributed by atoms with Crippen LogP contribution in [0.3, 0.4) is 0 Å². The van der Waals surface area contributed by atoms with Crippen molar-refractivity contribution in [1.82, 2.24) is 10.6 Å². The van der Waals surface area contributed by atoms with Gasteiger partial charge in [-0.3, -0.25) is 4.79 Å². The Morgan fingerprint density at radius 2 is 2.37 bits per heavy atom. The molecule has 1 aromatic rings. The zero-order valence-corrected chi connectivity index (χ0v) is 11.4. The van der Waals surface area contributed by atoms with Crippen LogP contribution in [-0.2, 0) is 11.2 Å². The summed E-state index contributed by atoms with van der Waals surface area (Å²) in [6.45, 7) is 1.62. The first kappa shape index (κ1) is 13.9. The highest BCUT2D eigenvalue weighted by Gasteiger charge is 2.19. The van der Waals surface area contributed by atoms with Crippen LogP contribution in [0.25, 0.3) is 0 Å². The maximum atomic E-state index is 11.9. The maximum absolute atomic E-state index is 11.9. The SMILES string of the molecule is COc1cccc(CCNC(=O)[C@H]2CCCCN2)c1. The summed E-state index contributed by atoms with van der Waals surface area (Å²) in [5.74, 6) is 0.986. The molecule has 0 saturated carbocycles. The summed E-state index contributed by atoms with van der Waals surface area (Å²) in [7, 11) is 1.66. The predicted octanol–water partition coefficient (Wildman–Crippen LogP) is 1.50. The molecule has 1 amide bonds. The minimum atomic E-state index is -0.000871. The number of methoxy groups -OCH3 is 1. The van der Waals surface area contributed by atoms with Crippen molar-refractivity contribution < 1.29 is 9.53 Å². The van der Waals surface area contributed by atoms with Gasteiger partial charge in [-0.05, 0) is 43.5 Å². The van der Waals surface area contributed by atoms with E-state index in [1.165, 1.54) is 12.0 Å². The van der Waals surface area contributed by atoms with Gasteiger partial charge in [-0.25, -0.2) is 0 Å². The molecular weight excluding hydrogens is 240 g/mol. The summed E-state index contributed by atoms with van der Waals surface area (Å²) >= 11 is 0. The first-order chi connectivity index (χ1) is 9.29. The Morgan fingerprint density at radius 3 is 3.11 bits per heavy atom. The quantitative estimate of drug-likeness (QED) is 0.845. The lowest BCUT2D eigenvalue weighted by Crippen LogP contribution is -2.47. The number of piperidine rings is 1. The normalized spacial score (nSPS) is 18.9. The highest BCUT2D eigenvalue weighted by atomic mass is 16.5. The third-order valence-corrected chi connectivity index (χ3v) is 3.47. The molecule has 1 saturated heterocycles. The van der Waals surface area contributed by atoms with E-state index in [0.717, 1.165) is 31.6 Å². The van der Waals surface area contributed by atoms with E-state index in [4.69, 9.17) is 4.74 Å². The van der Waals surface area contributed by atoms with Crippen LogP contribution in [0.15, 0.2) is 24.3 Å². The van der Waals surface area contributed by atoms with E-state index in [0.29, 0.717) is 6.54 Å². The third-order valence-electron chi connectivity index (χ3n) is 3.47. The highest BCUT2D eigenvalue weighted by molar-refractivity contribution is 5.81. The molecule has 0 unspecified atom stereocenters. The number of nitrogens with one attached hydrogen (secondary N) is 2. The first-order valence-electron chi connectivity index (χ1n) is 6.93. The molecule has 0 bridgehead atoms. The zero-order chi connectivity index (χ0) is 13.5. The van der Waals surface area contributed by atoms with Crippen molar-refractivity contribution in [3.05, 3.63) is 29.8 Å². The fourth-order valence-electron chi connectivity index (χ4n) is 2.36. The van der Waals surface area contributed by atoms with Crippen molar-refractivity contribution in [3.63, 3.8) is 0 Å². The van der Waals surface area contributed by atoms with Crippen molar-refractivity contribution in [1.29, 1.82) is 0 Å². The van der Waals surface area contributed by atoms with Crippen LogP contribution >= 0.6 is 0 Å². The monoisotopic (exact) mass is 262 g/mol. The molecule has 0 spiro atoms. The van der Waals surface area contributed by atoms with Gasteiger partial charge < -0.3 is 15.4 Å². The summed E-state index contributed by atoms with van der Waals surface area (Å²) in [5.41, 5.74) is 1.18. The van der Waals surface area contributed by atoms with Crippen LogP contribution in [0.4, 0.5) is 0 Å². The summed E-state index contributed by atoms with van der Waals surface area (Å²) in [6, 6.07) is 7.95. The Balaban J connectivity index is 1.74. The molecule has 0 radical (unpaired) electrons. The average molecular weight is 262 g/mol. The first-order valence-corrected chi connectivity index (χ1v) is 6.93. The molecule has 2 N–H and O–H groups in total. The number of carbonyl (C=O) groups excluding carboxylic acids is 1. The largest absolute Gasteiger partial charge is 0.497 e. The van der Waals surface area contributed by atoms with Crippen LogP contribution in [-0.4, -0.2) is 32.1 Å². The second-order valence-electron chi connectivity index (χ2n) is 4.90. The van der Waals surface area contributed by atoms with Crippen LogP contribution in [0.1, 0.15) is 24.8 Å². The molecule has 1 fully saturated rings. The highest BCUT2D eigenvalue weighted by Crippen LogP contribution is 2.12. The predicted molar refractivity (Wildman–Crippen MR) is 75.3 cm³/mol. The van der Waals surface area contributed by atoms with E-state index in [9.17, 15) is 4.79 Å². The molecule has 4 heteroatoms. The smallest absolute Gasteiger partial charge is 0.237 e. The van der Waals surface area contributed by atoms with E-state index in [-0.39, 0.29) is 11.9 Å². The standard InChI is InChI=1S/C15H22N2O2/c1-19-13-6-4-5-12(11-13)8-10-17-15(18)14-7-2-3-9-16-14/h4-6,11,14,16H,2-3,7-10H2,1H3,(H,17,18)/t14-/m1/s1. The minimum absolute atomic E-state index is 0.000871. The van der Waals surface area contributed by atoms with Crippen molar-refractivity contribution in [2.24, 2.45) is 0 Å². The van der Waals surface area contributed by atoms with Crippen molar-refractivity contribution in [2.75, 3.05) is 20.2 Å². The Kier molecular flexibility index (Phi) is 5.21. The van der Waals surface area contributed by atoms with Gasteiger partial charge in [0.2, 0.25) is 5.91 Å². The summed E-state index contributed by atoms with van der Waals surface area (Å²) < 4.78 is 5.18. The molecule has 1 heterocycles. The summed E-state index contributed by atoms with van der Waals surface area (Å²) in [6.07, 6.45) is 4.09. The van der Waals surface area contributed by atoms with Crippen LogP contribution < -0.4 is 15.4 Å². The van der Waals surface area contributed by atoms with Gasteiger partial charge in [0, 0.05) is 6.54 Å². The molecule has 0 aromatic heterocycles. The number of hydrogen-bond donors (Lipinski definition) is 2. The van der Waals surface area contributed by atoms with Crippen LogP contribution in [0.2, 0.25) is 0 Å². The van der Waals surface area contributed by atoms with Gasteiger partial charge in [0.25, 0.3) is 0 Å². The minimum Gasteiger partial charge on any atom is -0.497 e. The Bertz CT molecular complexity index is 414. The van der Waals surface area contributed by atoms with Crippen LogP contribution in [0.5, 0.6) is 5.75 Å². The molecule has 1 aliphatic heterocycles. The van der Waals surface area contributed by atoms with Gasteiger partial charge in [0.15, 0.2) is 0 Å². The van der Waals surface area contributed by atoms with E-state index in [1.807, 2.05) is 24.3 Å². The van der Waals surface area contributed by atoms with E-state index in [2.05, 4.69) is 10.6 Å². The number of amides is 1. The topological polar surface area (TPSA) is 50.4 Å². The molecular formula is C15H22N2O2. The molecule has 1 atom stereocenters. The average Bonchev–Trinajstić information content (AvgIpc) is 2.48. The van der Waals surface area contributed by atoms with Gasteiger partial charge in [0.05, 0.1) is 13.2 Å². The van der Waals surface area contributed by atoms with Crippen molar-refractivity contribution >= 4 is 5.91 Å². The Morgan fingerprint density at radius 1 is 1.47 bits per heavy atom. The van der Waals surface area contributed by atoms with Gasteiger partial charge in [-0.2, -0.15) is 0 Å². The molecule has 19 heavy (non-hydrogen) atoms. The van der Waals surface area contributed by atoms with E-state index < -0.39 is 0 Å². The van der Waals surface area contributed by atoms with Gasteiger partial charge in [0.1, 0.15) is 5.75 Å². The zero-order valence-electron chi connectivity index (χ0n) is 11.4.